The Kier molecular flexibility index (Phi) is 5.26. The van der Waals surface area contributed by atoms with Crippen molar-refractivity contribution in [3.8, 4) is 0 Å². The van der Waals surface area contributed by atoms with Gasteiger partial charge in [-0.05, 0) is 36.2 Å². The summed E-state index contributed by atoms with van der Waals surface area (Å²) in [6, 6.07) is 12.4. The van der Waals surface area contributed by atoms with Gasteiger partial charge in [0.2, 0.25) is 0 Å². The minimum absolute atomic E-state index is 0.364. The molecule has 21 heavy (non-hydrogen) atoms. The highest BCUT2D eigenvalue weighted by atomic mass is 79.9. The number of aryl methyl sites for hydroxylation is 1. The predicted octanol–water partition coefficient (Wildman–Crippen LogP) is 4.74. The van der Waals surface area contributed by atoms with Crippen LogP contribution in [0.15, 0.2) is 46.9 Å². The molecule has 0 saturated heterocycles. The first-order chi connectivity index (χ1) is 10.0. The molecule has 0 bridgehead atoms. The summed E-state index contributed by atoms with van der Waals surface area (Å²) in [4.78, 5) is 12.1. The minimum Gasteiger partial charge on any atom is -0.467 e. The quantitative estimate of drug-likeness (QED) is 0.792. The highest BCUT2D eigenvalue weighted by Gasteiger charge is 2.22. The average Bonchev–Trinajstić information content (AvgIpc) is 2.48. The number of halogens is 2. The molecule has 0 aliphatic carbocycles. The van der Waals surface area contributed by atoms with E-state index in [0.29, 0.717) is 10.7 Å². The van der Waals surface area contributed by atoms with Gasteiger partial charge >= 0.3 is 5.97 Å². The Bertz CT molecular complexity index is 660. The molecule has 1 N–H and O–H groups in total. The zero-order valence-corrected chi connectivity index (χ0v) is 14.0. The summed E-state index contributed by atoms with van der Waals surface area (Å²) in [6.07, 6.45) is 0. The zero-order valence-electron chi connectivity index (χ0n) is 11.7. The summed E-state index contributed by atoms with van der Waals surface area (Å²) in [5.41, 5.74) is 2.56. The molecule has 110 valence electrons. The van der Waals surface area contributed by atoms with E-state index < -0.39 is 6.04 Å². The van der Waals surface area contributed by atoms with Gasteiger partial charge in [-0.1, -0.05) is 51.8 Å². The van der Waals surface area contributed by atoms with Crippen molar-refractivity contribution in [1.82, 2.24) is 0 Å². The van der Waals surface area contributed by atoms with Crippen LogP contribution in [0.4, 0.5) is 5.69 Å². The zero-order chi connectivity index (χ0) is 15.4. The SMILES string of the molecule is COC(=O)C(Nc1ccccc1Cl)c1ccc(Br)c(C)c1. The lowest BCUT2D eigenvalue weighted by molar-refractivity contribution is -0.141. The third-order valence-corrected chi connectivity index (χ3v) is 4.35. The van der Waals surface area contributed by atoms with Gasteiger partial charge in [0, 0.05) is 4.47 Å². The van der Waals surface area contributed by atoms with Crippen LogP contribution >= 0.6 is 27.5 Å². The monoisotopic (exact) mass is 367 g/mol. The van der Waals surface area contributed by atoms with Gasteiger partial charge in [-0.2, -0.15) is 0 Å². The average molecular weight is 369 g/mol. The number of hydrogen-bond acceptors (Lipinski definition) is 3. The minimum atomic E-state index is -0.610. The molecular formula is C16H15BrClNO2. The number of rotatable bonds is 4. The molecule has 5 heteroatoms. The van der Waals surface area contributed by atoms with Gasteiger partial charge in [-0.25, -0.2) is 4.79 Å². The Balaban J connectivity index is 2.37. The molecule has 0 saturated carbocycles. The summed E-state index contributed by atoms with van der Waals surface area (Å²) in [6.45, 7) is 1.97. The second-order valence-electron chi connectivity index (χ2n) is 4.59. The largest absolute Gasteiger partial charge is 0.467 e. The number of hydrogen-bond donors (Lipinski definition) is 1. The van der Waals surface area contributed by atoms with E-state index in [9.17, 15) is 4.79 Å². The molecular weight excluding hydrogens is 354 g/mol. The molecule has 0 aliphatic heterocycles. The number of ether oxygens (including phenoxy) is 1. The van der Waals surface area contributed by atoms with Crippen LogP contribution in [0.25, 0.3) is 0 Å². The highest BCUT2D eigenvalue weighted by molar-refractivity contribution is 9.10. The second kappa shape index (κ2) is 6.96. The molecule has 0 spiro atoms. The number of nitrogens with one attached hydrogen (secondary N) is 1. The van der Waals surface area contributed by atoms with Crippen molar-refractivity contribution in [2.75, 3.05) is 12.4 Å². The van der Waals surface area contributed by atoms with Crippen molar-refractivity contribution < 1.29 is 9.53 Å². The van der Waals surface area contributed by atoms with Crippen LogP contribution in [-0.4, -0.2) is 13.1 Å². The maximum atomic E-state index is 12.1. The van der Waals surface area contributed by atoms with E-state index in [-0.39, 0.29) is 5.97 Å². The first-order valence-corrected chi connectivity index (χ1v) is 7.55. The van der Waals surface area contributed by atoms with E-state index in [4.69, 9.17) is 16.3 Å². The predicted molar refractivity (Wildman–Crippen MR) is 88.7 cm³/mol. The number of para-hydroxylation sites is 1. The summed E-state index contributed by atoms with van der Waals surface area (Å²) < 4.78 is 5.89. The molecule has 0 radical (unpaired) electrons. The van der Waals surface area contributed by atoms with Gasteiger partial charge in [0.1, 0.15) is 0 Å². The van der Waals surface area contributed by atoms with Crippen LogP contribution in [-0.2, 0) is 9.53 Å². The van der Waals surface area contributed by atoms with E-state index in [0.717, 1.165) is 15.6 Å². The van der Waals surface area contributed by atoms with E-state index in [1.165, 1.54) is 7.11 Å². The van der Waals surface area contributed by atoms with E-state index >= 15 is 0 Å². The Morgan fingerprint density at radius 3 is 2.62 bits per heavy atom. The first-order valence-electron chi connectivity index (χ1n) is 6.38. The summed E-state index contributed by atoms with van der Waals surface area (Å²) in [7, 11) is 1.37. The van der Waals surface area contributed by atoms with Crippen molar-refractivity contribution in [2.45, 2.75) is 13.0 Å². The molecule has 0 aromatic heterocycles. The van der Waals surface area contributed by atoms with Crippen LogP contribution in [0.2, 0.25) is 5.02 Å². The lowest BCUT2D eigenvalue weighted by atomic mass is 10.0. The fourth-order valence-corrected chi connectivity index (χ4v) is 2.41. The van der Waals surface area contributed by atoms with Gasteiger partial charge in [-0.15, -0.1) is 0 Å². The number of anilines is 1. The maximum absolute atomic E-state index is 12.1. The molecule has 2 aromatic rings. The van der Waals surface area contributed by atoms with Crippen LogP contribution in [0.5, 0.6) is 0 Å². The van der Waals surface area contributed by atoms with E-state index in [2.05, 4.69) is 21.2 Å². The summed E-state index contributed by atoms with van der Waals surface area (Å²) >= 11 is 9.59. The third-order valence-electron chi connectivity index (χ3n) is 3.13. The standard InChI is InChI=1S/C16H15BrClNO2/c1-10-9-11(7-8-12(10)17)15(16(20)21-2)19-14-6-4-3-5-13(14)18/h3-9,15,19H,1-2H3. The number of methoxy groups -OCH3 is 1. The van der Waals surface area contributed by atoms with Gasteiger partial charge in [0.05, 0.1) is 17.8 Å². The molecule has 2 rings (SSSR count). The molecule has 0 aliphatic rings. The van der Waals surface area contributed by atoms with Gasteiger partial charge < -0.3 is 10.1 Å². The van der Waals surface area contributed by atoms with Crippen molar-refractivity contribution in [3.63, 3.8) is 0 Å². The van der Waals surface area contributed by atoms with Crippen LogP contribution < -0.4 is 5.32 Å². The smallest absolute Gasteiger partial charge is 0.332 e. The Labute approximate surface area is 137 Å². The van der Waals surface area contributed by atoms with Crippen LogP contribution in [0.1, 0.15) is 17.2 Å². The van der Waals surface area contributed by atoms with E-state index in [1.807, 2.05) is 43.3 Å². The number of carbonyl (C=O) groups excluding carboxylic acids is 1. The molecule has 0 heterocycles. The van der Waals surface area contributed by atoms with Gasteiger partial charge in [-0.3, -0.25) is 0 Å². The fraction of sp³-hybridized carbons (Fsp3) is 0.188. The Hall–Kier alpha value is -1.52. The highest BCUT2D eigenvalue weighted by Crippen LogP contribution is 2.28. The Morgan fingerprint density at radius 2 is 2.00 bits per heavy atom. The fourth-order valence-electron chi connectivity index (χ4n) is 1.98. The van der Waals surface area contributed by atoms with Gasteiger partial charge in [0.15, 0.2) is 6.04 Å². The number of carbonyl (C=O) groups is 1. The van der Waals surface area contributed by atoms with Crippen molar-refractivity contribution >= 4 is 39.2 Å². The van der Waals surface area contributed by atoms with E-state index in [1.54, 1.807) is 6.07 Å². The van der Waals surface area contributed by atoms with Gasteiger partial charge in [0.25, 0.3) is 0 Å². The molecule has 0 fully saturated rings. The van der Waals surface area contributed by atoms with Crippen LogP contribution in [0.3, 0.4) is 0 Å². The van der Waals surface area contributed by atoms with Crippen LogP contribution in [0, 0.1) is 6.92 Å². The number of benzene rings is 2. The third kappa shape index (κ3) is 3.77. The molecule has 2 aromatic carbocycles. The Morgan fingerprint density at radius 1 is 1.29 bits per heavy atom. The van der Waals surface area contributed by atoms with Crippen molar-refractivity contribution in [2.24, 2.45) is 0 Å². The number of esters is 1. The topological polar surface area (TPSA) is 38.3 Å². The first kappa shape index (κ1) is 15.9. The lowest BCUT2D eigenvalue weighted by Crippen LogP contribution is -2.22. The second-order valence-corrected chi connectivity index (χ2v) is 5.85. The molecule has 0 amide bonds. The summed E-state index contributed by atoms with van der Waals surface area (Å²) in [5, 5.41) is 3.69. The maximum Gasteiger partial charge on any atom is 0.332 e. The molecule has 3 nitrogen and oxygen atoms in total. The summed E-state index contributed by atoms with van der Waals surface area (Å²) in [5.74, 6) is -0.364. The molecule has 1 atom stereocenters. The molecule has 1 unspecified atom stereocenters. The lowest BCUT2D eigenvalue weighted by Gasteiger charge is -2.19. The van der Waals surface area contributed by atoms with Crippen molar-refractivity contribution in [1.29, 1.82) is 0 Å². The normalized spacial score (nSPS) is 11.8. The van der Waals surface area contributed by atoms with Crippen molar-refractivity contribution in [3.05, 3.63) is 63.1 Å².